The van der Waals surface area contributed by atoms with Gasteiger partial charge in [0.25, 0.3) is 0 Å². The summed E-state index contributed by atoms with van der Waals surface area (Å²) in [5.74, 6) is 0.677. The quantitative estimate of drug-likeness (QED) is 0.840. The fourth-order valence-electron chi connectivity index (χ4n) is 1.92. The molecule has 0 heterocycles. The van der Waals surface area contributed by atoms with E-state index < -0.39 is 5.54 Å². The molecule has 98 valence electrons. The molecule has 1 amide bonds. The Morgan fingerprint density at radius 2 is 2.28 bits per heavy atom. The summed E-state index contributed by atoms with van der Waals surface area (Å²) in [6.07, 6.45) is 3.53. The average Bonchev–Trinajstić information content (AvgIpc) is 2.34. The van der Waals surface area contributed by atoms with Gasteiger partial charge in [-0.05, 0) is 37.8 Å². The van der Waals surface area contributed by atoms with E-state index in [1.54, 1.807) is 0 Å². The largest absolute Gasteiger partial charge is 0.494 e. The Balaban J connectivity index is 1.98. The van der Waals surface area contributed by atoms with Crippen molar-refractivity contribution in [1.82, 2.24) is 0 Å². The van der Waals surface area contributed by atoms with Crippen LogP contribution in [0, 0.1) is 0 Å². The van der Waals surface area contributed by atoms with Gasteiger partial charge in [-0.15, -0.1) is 0 Å². The van der Waals surface area contributed by atoms with Gasteiger partial charge < -0.3 is 15.8 Å². The summed E-state index contributed by atoms with van der Waals surface area (Å²) < 4.78 is 5.52. The summed E-state index contributed by atoms with van der Waals surface area (Å²) in [5, 5.41) is 2.86. The van der Waals surface area contributed by atoms with Crippen LogP contribution in [-0.4, -0.2) is 18.1 Å². The Morgan fingerprint density at radius 3 is 2.89 bits per heavy atom. The zero-order chi connectivity index (χ0) is 13.0. The smallest absolute Gasteiger partial charge is 0.244 e. The number of hydrogen-bond acceptors (Lipinski definition) is 3. The van der Waals surface area contributed by atoms with Crippen molar-refractivity contribution < 1.29 is 9.53 Å². The van der Waals surface area contributed by atoms with E-state index in [1.807, 2.05) is 24.3 Å². The molecule has 0 aliphatic heterocycles. The third kappa shape index (κ3) is 2.82. The lowest BCUT2D eigenvalue weighted by atomic mass is 9.77. The highest BCUT2D eigenvalue weighted by atomic mass is 16.5. The van der Waals surface area contributed by atoms with Gasteiger partial charge in [0, 0.05) is 11.8 Å². The molecule has 0 aromatic heterocycles. The minimum atomic E-state index is -0.666. The molecule has 1 saturated carbocycles. The second-order valence-electron chi connectivity index (χ2n) is 4.84. The van der Waals surface area contributed by atoms with Gasteiger partial charge in [0.1, 0.15) is 5.75 Å². The Kier molecular flexibility index (Phi) is 3.87. The van der Waals surface area contributed by atoms with Crippen molar-refractivity contribution in [1.29, 1.82) is 0 Å². The number of carbonyl (C=O) groups is 1. The molecule has 1 aromatic rings. The van der Waals surface area contributed by atoms with E-state index in [9.17, 15) is 4.79 Å². The molecule has 0 atom stereocenters. The molecule has 2 rings (SSSR count). The average molecular weight is 248 g/mol. The highest BCUT2D eigenvalue weighted by Gasteiger charge is 2.40. The van der Waals surface area contributed by atoms with Gasteiger partial charge in [0.2, 0.25) is 5.91 Å². The van der Waals surface area contributed by atoms with E-state index in [-0.39, 0.29) is 5.91 Å². The predicted molar refractivity (Wildman–Crippen MR) is 71.6 cm³/mol. The van der Waals surface area contributed by atoms with E-state index in [0.29, 0.717) is 6.61 Å². The van der Waals surface area contributed by atoms with Gasteiger partial charge >= 0.3 is 0 Å². The van der Waals surface area contributed by atoms with Crippen molar-refractivity contribution in [3.05, 3.63) is 24.3 Å². The fourth-order valence-corrected chi connectivity index (χ4v) is 1.92. The van der Waals surface area contributed by atoms with Crippen LogP contribution in [0.25, 0.3) is 0 Å². The molecule has 4 nitrogen and oxygen atoms in total. The third-order valence-corrected chi connectivity index (χ3v) is 3.26. The van der Waals surface area contributed by atoms with E-state index in [2.05, 4.69) is 12.2 Å². The molecule has 18 heavy (non-hydrogen) atoms. The van der Waals surface area contributed by atoms with Crippen LogP contribution < -0.4 is 15.8 Å². The van der Waals surface area contributed by atoms with E-state index in [1.165, 1.54) is 0 Å². The van der Waals surface area contributed by atoms with Crippen LogP contribution in [0.2, 0.25) is 0 Å². The Bertz CT molecular complexity index is 428. The van der Waals surface area contributed by atoms with Crippen molar-refractivity contribution in [2.75, 3.05) is 11.9 Å². The van der Waals surface area contributed by atoms with Gasteiger partial charge in [-0.25, -0.2) is 0 Å². The van der Waals surface area contributed by atoms with Crippen LogP contribution >= 0.6 is 0 Å². The molecule has 1 fully saturated rings. The summed E-state index contributed by atoms with van der Waals surface area (Å²) in [5.41, 5.74) is 6.04. The number of hydrogen-bond donors (Lipinski definition) is 2. The topological polar surface area (TPSA) is 64.3 Å². The predicted octanol–water partition coefficient (Wildman–Crippen LogP) is 2.30. The minimum Gasteiger partial charge on any atom is -0.494 e. The molecule has 0 radical (unpaired) electrons. The molecule has 1 aliphatic rings. The lowest BCUT2D eigenvalue weighted by molar-refractivity contribution is -0.123. The van der Waals surface area contributed by atoms with Crippen molar-refractivity contribution in [3.8, 4) is 5.75 Å². The number of amides is 1. The van der Waals surface area contributed by atoms with Gasteiger partial charge in [-0.2, -0.15) is 0 Å². The molecule has 3 N–H and O–H groups in total. The molecular weight excluding hydrogens is 228 g/mol. The zero-order valence-electron chi connectivity index (χ0n) is 10.7. The number of nitrogens with two attached hydrogens (primary N) is 1. The van der Waals surface area contributed by atoms with Gasteiger partial charge in [0.15, 0.2) is 0 Å². The number of ether oxygens (including phenoxy) is 1. The summed E-state index contributed by atoms with van der Waals surface area (Å²) in [6, 6.07) is 7.42. The number of benzene rings is 1. The van der Waals surface area contributed by atoms with Crippen LogP contribution in [-0.2, 0) is 4.79 Å². The Labute approximate surface area is 108 Å². The normalized spacial score (nSPS) is 16.8. The lowest BCUT2D eigenvalue weighted by Gasteiger charge is -2.36. The first-order chi connectivity index (χ1) is 8.64. The molecular formula is C14H20N2O2. The molecule has 0 unspecified atom stereocenters. The first-order valence-corrected chi connectivity index (χ1v) is 6.47. The van der Waals surface area contributed by atoms with Crippen LogP contribution in [0.15, 0.2) is 24.3 Å². The van der Waals surface area contributed by atoms with Crippen LogP contribution in [0.4, 0.5) is 5.69 Å². The number of rotatable bonds is 5. The summed E-state index contributed by atoms with van der Waals surface area (Å²) >= 11 is 0. The summed E-state index contributed by atoms with van der Waals surface area (Å²) in [4.78, 5) is 12.0. The highest BCUT2D eigenvalue weighted by molar-refractivity contribution is 5.98. The zero-order valence-corrected chi connectivity index (χ0v) is 10.7. The van der Waals surface area contributed by atoms with E-state index >= 15 is 0 Å². The lowest BCUT2D eigenvalue weighted by Crippen LogP contribution is -2.56. The second-order valence-corrected chi connectivity index (χ2v) is 4.84. The Morgan fingerprint density at radius 1 is 1.50 bits per heavy atom. The standard InChI is InChI=1S/C14H20N2O2/c1-2-9-18-12-6-3-5-11(10-12)16-13(17)14(15)7-4-8-14/h3,5-6,10H,2,4,7-9,15H2,1H3,(H,16,17). The van der Waals surface area contributed by atoms with Crippen molar-refractivity contribution in [3.63, 3.8) is 0 Å². The molecule has 0 saturated heterocycles. The van der Waals surface area contributed by atoms with Crippen molar-refractivity contribution in [2.45, 2.75) is 38.1 Å². The highest BCUT2D eigenvalue weighted by Crippen LogP contribution is 2.30. The maximum Gasteiger partial charge on any atom is 0.244 e. The SMILES string of the molecule is CCCOc1cccc(NC(=O)C2(N)CCC2)c1. The first-order valence-electron chi connectivity index (χ1n) is 6.47. The minimum absolute atomic E-state index is 0.0959. The van der Waals surface area contributed by atoms with Gasteiger partial charge in [-0.3, -0.25) is 4.79 Å². The summed E-state index contributed by atoms with van der Waals surface area (Å²) in [7, 11) is 0. The maximum atomic E-state index is 12.0. The summed E-state index contributed by atoms with van der Waals surface area (Å²) in [6.45, 7) is 2.73. The molecule has 1 aromatic carbocycles. The number of carbonyl (C=O) groups excluding carboxylic acids is 1. The number of nitrogens with one attached hydrogen (secondary N) is 1. The van der Waals surface area contributed by atoms with Crippen molar-refractivity contribution >= 4 is 11.6 Å². The molecule has 0 spiro atoms. The van der Waals surface area contributed by atoms with Gasteiger partial charge in [0.05, 0.1) is 12.1 Å². The van der Waals surface area contributed by atoms with E-state index in [4.69, 9.17) is 10.5 Å². The third-order valence-electron chi connectivity index (χ3n) is 3.26. The number of anilines is 1. The first kappa shape index (κ1) is 12.9. The Hall–Kier alpha value is -1.55. The van der Waals surface area contributed by atoms with Crippen LogP contribution in [0.3, 0.4) is 0 Å². The molecule has 0 bridgehead atoms. The molecule has 1 aliphatic carbocycles. The van der Waals surface area contributed by atoms with Crippen LogP contribution in [0.5, 0.6) is 5.75 Å². The van der Waals surface area contributed by atoms with Gasteiger partial charge in [-0.1, -0.05) is 13.0 Å². The molecule has 4 heteroatoms. The van der Waals surface area contributed by atoms with Crippen molar-refractivity contribution in [2.24, 2.45) is 5.73 Å². The van der Waals surface area contributed by atoms with Crippen LogP contribution in [0.1, 0.15) is 32.6 Å². The monoisotopic (exact) mass is 248 g/mol. The second kappa shape index (κ2) is 5.40. The fraction of sp³-hybridized carbons (Fsp3) is 0.500. The van der Waals surface area contributed by atoms with E-state index in [0.717, 1.165) is 37.1 Å². The maximum absolute atomic E-state index is 12.0.